The van der Waals surface area contributed by atoms with Gasteiger partial charge in [0.05, 0.1) is 37.5 Å². The zero-order valence-corrected chi connectivity index (χ0v) is 24.4. The predicted octanol–water partition coefficient (Wildman–Crippen LogP) is 2.49. The number of aromatic nitrogens is 5. The second kappa shape index (κ2) is 11.3. The number of pyridine rings is 1. The van der Waals surface area contributed by atoms with Crippen molar-refractivity contribution in [2.45, 2.75) is 44.5 Å². The molecule has 12 nitrogen and oxygen atoms in total. The number of halogens is 1. The summed E-state index contributed by atoms with van der Waals surface area (Å²) < 4.78 is 9.86. The van der Waals surface area contributed by atoms with Crippen molar-refractivity contribution in [1.82, 2.24) is 34.1 Å². The Morgan fingerprint density at radius 1 is 1.17 bits per heavy atom. The van der Waals surface area contributed by atoms with Crippen LogP contribution in [0.2, 0.25) is 0 Å². The van der Waals surface area contributed by atoms with Gasteiger partial charge in [-0.25, -0.2) is 9.59 Å². The Balaban J connectivity index is 1.14. The number of methoxy groups -OCH3 is 1. The Morgan fingerprint density at radius 3 is 2.63 bits per heavy atom. The summed E-state index contributed by atoms with van der Waals surface area (Å²) in [5.41, 5.74) is 10.5. The smallest absolute Gasteiger partial charge is 0.327 e. The number of primary amides is 1. The lowest BCUT2D eigenvalue weighted by Gasteiger charge is -2.33. The van der Waals surface area contributed by atoms with Gasteiger partial charge in [-0.1, -0.05) is 28.1 Å². The number of carbonyl (C=O) groups excluding carboxylic acids is 1. The van der Waals surface area contributed by atoms with E-state index >= 15 is 0 Å². The molecule has 5 heterocycles. The molecule has 0 spiro atoms. The third-order valence-electron chi connectivity index (χ3n) is 8.09. The first-order chi connectivity index (χ1) is 19.8. The second-order valence-electron chi connectivity index (χ2n) is 10.7. The molecule has 4 aromatic rings. The van der Waals surface area contributed by atoms with E-state index in [2.05, 4.69) is 30.8 Å². The van der Waals surface area contributed by atoms with E-state index in [1.54, 1.807) is 22.6 Å². The number of nitrogens with two attached hydrogens (primary N) is 1. The van der Waals surface area contributed by atoms with Crippen LogP contribution in [0.25, 0.3) is 22.4 Å². The van der Waals surface area contributed by atoms with Gasteiger partial charge in [0, 0.05) is 66.0 Å². The van der Waals surface area contributed by atoms with E-state index in [1.165, 1.54) is 0 Å². The summed E-state index contributed by atoms with van der Waals surface area (Å²) >= 11 is 3.48. The number of β-amino-alcohol motifs (C(OH)–C–C–N with tert-alkyl or cyclic N) is 1. The molecule has 2 amide bonds. The van der Waals surface area contributed by atoms with Gasteiger partial charge in [0.25, 0.3) is 0 Å². The minimum atomic E-state index is -0.635. The van der Waals surface area contributed by atoms with Crippen LogP contribution in [0.3, 0.4) is 0 Å². The molecule has 41 heavy (non-hydrogen) atoms. The molecule has 2 aliphatic heterocycles. The van der Waals surface area contributed by atoms with Gasteiger partial charge in [-0.15, -0.1) is 0 Å². The van der Waals surface area contributed by atoms with Crippen molar-refractivity contribution in [2.24, 2.45) is 5.73 Å². The van der Waals surface area contributed by atoms with Gasteiger partial charge in [-0.05, 0) is 31.0 Å². The molecular weight excluding hydrogens is 592 g/mol. The number of nitrogens with zero attached hydrogens (tertiary/aromatic N) is 6. The van der Waals surface area contributed by atoms with Gasteiger partial charge < -0.3 is 30.4 Å². The monoisotopic (exact) mass is 624 g/mol. The van der Waals surface area contributed by atoms with E-state index in [9.17, 15) is 14.7 Å². The number of amides is 2. The molecular formula is C28H33BrN8O4. The number of benzene rings is 1. The summed E-state index contributed by atoms with van der Waals surface area (Å²) in [5.74, 6) is 0.470. The van der Waals surface area contributed by atoms with Crippen molar-refractivity contribution in [3.8, 4) is 17.1 Å². The number of H-pyrrole nitrogens is 1. The summed E-state index contributed by atoms with van der Waals surface area (Å²) in [5, 5.41) is 16.0. The van der Waals surface area contributed by atoms with Crippen LogP contribution >= 0.6 is 15.9 Å². The third-order valence-corrected chi connectivity index (χ3v) is 8.61. The van der Waals surface area contributed by atoms with Crippen LogP contribution in [-0.4, -0.2) is 84.6 Å². The number of urea groups is 1. The van der Waals surface area contributed by atoms with Gasteiger partial charge in [-0.3, -0.25) is 9.25 Å². The van der Waals surface area contributed by atoms with Crippen molar-refractivity contribution < 1.29 is 14.6 Å². The van der Waals surface area contributed by atoms with Crippen molar-refractivity contribution in [2.75, 3.05) is 33.3 Å². The van der Waals surface area contributed by atoms with E-state index in [0.717, 1.165) is 52.9 Å². The number of aromatic amines is 1. The average molecular weight is 626 g/mol. The molecule has 0 aliphatic carbocycles. The van der Waals surface area contributed by atoms with Crippen molar-refractivity contribution >= 4 is 33.1 Å². The highest BCUT2D eigenvalue weighted by molar-refractivity contribution is 9.10. The summed E-state index contributed by atoms with van der Waals surface area (Å²) in [6, 6.07) is 11.0. The summed E-state index contributed by atoms with van der Waals surface area (Å²) in [6.07, 6.45) is 1.53. The lowest BCUT2D eigenvalue weighted by Crippen LogP contribution is -2.42. The first-order valence-corrected chi connectivity index (χ1v) is 14.5. The number of imidazole rings is 1. The van der Waals surface area contributed by atoms with E-state index in [0.29, 0.717) is 49.6 Å². The SMILES string of the molecule is COc1ccc2[nH]c(=O)n(C3CCN(CC(O)Cn4nc(-c5ccc(Br)cc5)c5c4CCN(C(N)=O)C5)CC3)c2n1. The molecule has 13 heteroatoms. The summed E-state index contributed by atoms with van der Waals surface area (Å²) in [7, 11) is 1.56. The Morgan fingerprint density at radius 2 is 1.93 bits per heavy atom. The van der Waals surface area contributed by atoms with Crippen LogP contribution in [-0.2, 0) is 19.5 Å². The predicted molar refractivity (Wildman–Crippen MR) is 157 cm³/mol. The van der Waals surface area contributed by atoms with Gasteiger partial charge in [-0.2, -0.15) is 10.1 Å². The first kappa shape index (κ1) is 27.5. The molecule has 216 valence electrons. The number of rotatable bonds is 7. The summed E-state index contributed by atoms with van der Waals surface area (Å²) in [4.78, 5) is 35.9. The number of hydrogen-bond acceptors (Lipinski definition) is 7. The van der Waals surface area contributed by atoms with E-state index in [4.69, 9.17) is 15.6 Å². The Hall–Kier alpha value is -3.68. The number of nitrogens with one attached hydrogen (secondary N) is 1. The Kier molecular flexibility index (Phi) is 7.58. The molecule has 1 unspecified atom stereocenters. The van der Waals surface area contributed by atoms with E-state index in [1.807, 2.05) is 35.0 Å². The number of aliphatic hydroxyl groups excluding tert-OH is 1. The quantitative estimate of drug-likeness (QED) is 0.286. The van der Waals surface area contributed by atoms with Crippen LogP contribution in [0.5, 0.6) is 5.88 Å². The van der Waals surface area contributed by atoms with Crippen LogP contribution in [0.1, 0.15) is 30.1 Å². The van der Waals surface area contributed by atoms with Gasteiger partial charge in [0.2, 0.25) is 5.88 Å². The van der Waals surface area contributed by atoms with Crippen LogP contribution in [0.4, 0.5) is 4.79 Å². The van der Waals surface area contributed by atoms with Crippen molar-refractivity contribution in [1.29, 1.82) is 0 Å². The Bertz CT molecular complexity index is 1620. The van der Waals surface area contributed by atoms with E-state index in [-0.39, 0.29) is 11.7 Å². The molecule has 3 aromatic heterocycles. The number of aliphatic hydroxyl groups is 1. The average Bonchev–Trinajstić information content (AvgIpc) is 3.49. The molecule has 2 aliphatic rings. The molecule has 4 N–H and O–H groups in total. The molecule has 0 saturated carbocycles. The fourth-order valence-electron chi connectivity index (χ4n) is 6.02. The maximum Gasteiger partial charge on any atom is 0.327 e. The number of hydrogen-bond donors (Lipinski definition) is 3. The normalized spacial score (nSPS) is 17.1. The van der Waals surface area contributed by atoms with Crippen molar-refractivity contribution in [3.63, 3.8) is 0 Å². The second-order valence-corrected chi connectivity index (χ2v) is 11.6. The number of carbonyl (C=O) groups is 1. The lowest BCUT2D eigenvalue weighted by molar-refractivity contribution is 0.0761. The number of piperidine rings is 1. The van der Waals surface area contributed by atoms with Crippen LogP contribution in [0.15, 0.2) is 45.7 Å². The fraction of sp³-hybridized carbons (Fsp3) is 0.429. The summed E-state index contributed by atoms with van der Waals surface area (Å²) in [6.45, 7) is 3.26. The largest absolute Gasteiger partial charge is 0.481 e. The third kappa shape index (κ3) is 5.48. The topological polar surface area (TPSA) is 148 Å². The van der Waals surface area contributed by atoms with E-state index < -0.39 is 12.1 Å². The molecule has 1 saturated heterocycles. The maximum absolute atomic E-state index is 12.7. The number of likely N-dealkylation sites (tertiary alicyclic amines) is 1. The molecule has 1 atom stereocenters. The van der Waals surface area contributed by atoms with Gasteiger partial charge in [0.15, 0.2) is 5.65 Å². The van der Waals surface area contributed by atoms with Crippen LogP contribution < -0.4 is 16.2 Å². The maximum atomic E-state index is 12.7. The zero-order valence-electron chi connectivity index (χ0n) is 22.8. The number of fused-ring (bicyclic) bond motifs is 2. The molecule has 6 rings (SSSR count). The highest BCUT2D eigenvalue weighted by atomic mass is 79.9. The first-order valence-electron chi connectivity index (χ1n) is 13.7. The molecule has 1 fully saturated rings. The standard InChI is InChI=1S/C28H33BrN8O4/c1-41-24-7-6-22-26(32-24)37(28(40)31-22)19-8-11-34(12-9-19)14-20(38)15-36-23-10-13-35(27(30)39)16-21(23)25(33-36)17-2-4-18(29)5-3-17/h2-7,19-20,38H,8-16H2,1H3,(H2,30,39)(H,31,40). The minimum absolute atomic E-state index is 0.0176. The zero-order chi connectivity index (χ0) is 28.7. The number of ether oxygens (including phenoxy) is 1. The molecule has 0 radical (unpaired) electrons. The highest BCUT2D eigenvalue weighted by Gasteiger charge is 2.29. The fourth-order valence-corrected chi connectivity index (χ4v) is 6.29. The van der Waals surface area contributed by atoms with Crippen molar-refractivity contribution in [3.05, 3.63) is 62.6 Å². The minimum Gasteiger partial charge on any atom is -0.481 e. The highest BCUT2D eigenvalue weighted by Crippen LogP contribution is 2.31. The molecule has 0 bridgehead atoms. The van der Waals surface area contributed by atoms with Gasteiger partial charge >= 0.3 is 11.7 Å². The lowest BCUT2D eigenvalue weighted by atomic mass is 10.0. The van der Waals surface area contributed by atoms with Crippen LogP contribution in [0, 0.1) is 0 Å². The van der Waals surface area contributed by atoms with Gasteiger partial charge in [0.1, 0.15) is 0 Å². The molecule has 1 aromatic carbocycles. The Labute approximate surface area is 244 Å².